The van der Waals surface area contributed by atoms with Crippen LogP contribution in [0, 0.1) is 15.9 Å². The number of non-ortho nitro benzene ring substituents is 1. The van der Waals surface area contributed by atoms with Crippen LogP contribution in [-0.4, -0.2) is 23.0 Å². The van der Waals surface area contributed by atoms with E-state index in [1.807, 2.05) is 0 Å². The average molecular weight is 265 g/mol. The van der Waals surface area contributed by atoms with E-state index in [1.54, 1.807) is 0 Å². The highest BCUT2D eigenvalue weighted by Gasteiger charge is 2.40. The molecule has 2 bridgehead atoms. The van der Waals surface area contributed by atoms with Gasteiger partial charge in [0.15, 0.2) is 5.82 Å². The Morgan fingerprint density at radius 2 is 1.95 bits per heavy atom. The van der Waals surface area contributed by atoms with Crippen molar-refractivity contribution in [3.05, 3.63) is 34.1 Å². The molecule has 0 aromatic heterocycles. The van der Waals surface area contributed by atoms with Gasteiger partial charge >= 0.3 is 0 Å². The summed E-state index contributed by atoms with van der Waals surface area (Å²) in [6.45, 7) is 0. The van der Waals surface area contributed by atoms with E-state index in [9.17, 15) is 14.5 Å². The van der Waals surface area contributed by atoms with E-state index >= 15 is 0 Å². The number of benzene rings is 1. The molecule has 3 rings (SSSR count). The highest BCUT2D eigenvalue weighted by atomic mass is 19.1. The lowest BCUT2D eigenvalue weighted by Crippen LogP contribution is -2.47. The summed E-state index contributed by atoms with van der Waals surface area (Å²) in [5, 5.41) is 10.6. The van der Waals surface area contributed by atoms with Gasteiger partial charge in [-0.15, -0.1) is 0 Å². The highest BCUT2D eigenvalue weighted by Crippen LogP contribution is 2.40. The lowest BCUT2D eigenvalue weighted by Gasteiger charge is -2.39. The summed E-state index contributed by atoms with van der Waals surface area (Å²) in [7, 11) is 0. The van der Waals surface area contributed by atoms with Crippen molar-refractivity contribution in [1.82, 2.24) is 0 Å². The summed E-state index contributed by atoms with van der Waals surface area (Å²) in [5.41, 5.74) is 6.26. The van der Waals surface area contributed by atoms with E-state index < -0.39 is 10.7 Å². The quantitative estimate of drug-likeness (QED) is 0.657. The van der Waals surface area contributed by atoms with Crippen LogP contribution in [-0.2, 0) is 0 Å². The molecule has 2 heterocycles. The van der Waals surface area contributed by atoms with Gasteiger partial charge in [-0.25, -0.2) is 4.39 Å². The van der Waals surface area contributed by atoms with Crippen LogP contribution >= 0.6 is 0 Å². The summed E-state index contributed by atoms with van der Waals surface area (Å²) in [4.78, 5) is 12.1. The van der Waals surface area contributed by atoms with E-state index in [0.717, 1.165) is 31.7 Å². The molecule has 0 aliphatic carbocycles. The van der Waals surface area contributed by atoms with Crippen LogP contribution < -0.4 is 10.6 Å². The first-order chi connectivity index (χ1) is 9.06. The number of halogens is 1. The van der Waals surface area contributed by atoms with Gasteiger partial charge in [0.2, 0.25) is 0 Å². The van der Waals surface area contributed by atoms with Crippen LogP contribution in [0.3, 0.4) is 0 Å². The highest BCUT2D eigenvalue weighted by molar-refractivity contribution is 5.55. The summed E-state index contributed by atoms with van der Waals surface area (Å²) in [6, 6.07) is 4.62. The third kappa shape index (κ3) is 2.06. The Balaban J connectivity index is 1.93. The first-order valence-electron chi connectivity index (χ1n) is 6.54. The molecule has 19 heavy (non-hydrogen) atoms. The van der Waals surface area contributed by atoms with Crippen LogP contribution in [0.5, 0.6) is 0 Å². The molecule has 2 saturated heterocycles. The number of anilines is 1. The van der Waals surface area contributed by atoms with Crippen molar-refractivity contribution in [2.75, 3.05) is 4.90 Å². The normalized spacial score (nSPS) is 29.6. The zero-order chi connectivity index (χ0) is 13.6. The molecular formula is C13H16FN3O2. The number of piperidine rings is 1. The summed E-state index contributed by atoms with van der Waals surface area (Å²) < 4.78 is 14.1. The molecular weight excluding hydrogens is 249 g/mol. The Labute approximate surface area is 110 Å². The van der Waals surface area contributed by atoms with Crippen molar-refractivity contribution in [1.29, 1.82) is 0 Å². The second kappa shape index (κ2) is 4.45. The number of hydrogen-bond donors (Lipinski definition) is 1. The molecule has 2 fully saturated rings. The molecule has 2 N–H and O–H groups in total. The topological polar surface area (TPSA) is 72.4 Å². The van der Waals surface area contributed by atoms with E-state index in [1.165, 1.54) is 12.1 Å². The van der Waals surface area contributed by atoms with Crippen molar-refractivity contribution < 1.29 is 9.31 Å². The van der Waals surface area contributed by atoms with Gasteiger partial charge in [-0.2, -0.15) is 0 Å². The summed E-state index contributed by atoms with van der Waals surface area (Å²) in [5.74, 6) is -0.512. The second-order valence-corrected chi connectivity index (χ2v) is 5.42. The van der Waals surface area contributed by atoms with E-state index in [-0.39, 0.29) is 23.8 Å². The van der Waals surface area contributed by atoms with Gasteiger partial charge in [0.05, 0.1) is 16.7 Å². The number of nitrogens with zero attached hydrogens (tertiary/aromatic N) is 2. The third-order valence-electron chi connectivity index (χ3n) is 4.19. The monoisotopic (exact) mass is 265 g/mol. The number of nitro groups is 1. The first-order valence-corrected chi connectivity index (χ1v) is 6.54. The fraction of sp³-hybridized carbons (Fsp3) is 0.538. The molecule has 5 nitrogen and oxygen atoms in total. The number of fused-ring (bicyclic) bond motifs is 2. The maximum Gasteiger partial charge on any atom is 0.272 e. The van der Waals surface area contributed by atoms with Gasteiger partial charge in [0.1, 0.15) is 0 Å². The van der Waals surface area contributed by atoms with E-state index in [4.69, 9.17) is 5.73 Å². The van der Waals surface area contributed by atoms with Gasteiger partial charge in [-0.3, -0.25) is 10.1 Å². The molecule has 1 aromatic rings. The summed E-state index contributed by atoms with van der Waals surface area (Å²) in [6.07, 6.45) is 3.78. The lowest BCUT2D eigenvalue weighted by atomic mass is 9.97. The Morgan fingerprint density at radius 3 is 2.47 bits per heavy atom. The molecule has 0 radical (unpaired) electrons. The number of rotatable bonds is 2. The zero-order valence-corrected chi connectivity index (χ0v) is 10.5. The minimum Gasteiger partial charge on any atom is -0.363 e. The molecule has 2 unspecified atom stereocenters. The predicted octanol–water partition coefficient (Wildman–Crippen LogP) is 2.19. The largest absolute Gasteiger partial charge is 0.363 e. The van der Waals surface area contributed by atoms with Crippen molar-refractivity contribution >= 4 is 11.4 Å². The standard InChI is InChI=1S/C13H16FN3O2/c14-12-7-11(17(18)19)3-4-13(12)16-9-1-2-10(16)6-8(15)5-9/h3-4,7-10H,1-2,5-6,15H2. The molecule has 102 valence electrons. The number of hydrogen-bond acceptors (Lipinski definition) is 4. The first kappa shape index (κ1) is 12.3. The van der Waals surface area contributed by atoms with Crippen LogP contribution in [0.1, 0.15) is 25.7 Å². The number of nitrogens with two attached hydrogens (primary N) is 1. The molecule has 0 amide bonds. The number of nitro benzene ring substituents is 1. The van der Waals surface area contributed by atoms with Crippen LogP contribution in [0.2, 0.25) is 0 Å². The van der Waals surface area contributed by atoms with Crippen LogP contribution in [0.25, 0.3) is 0 Å². The smallest absolute Gasteiger partial charge is 0.272 e. The fourth-order valence-electron chi connectivity index (χ4n) is 3.43. The Bertz CT molecular complexity index is 509. The zero-order valence-electron chi connectivity index (χ0n) is 10.5. The van der Waals surface area contributed by atoms with Gasteiger partial charge < -0.3 is 10.6 Å². The minimum atomic E-state index is -0.576. The van der Waals surface area contributed by atoms with E-state index in [2.05, 4.69) is 4.90 Å². The van der Waals surface area contributed by atoms with Crippen molar-refractivity contribution in [3.63, 3.8) is 0 Å². The molecule has 2 aliphatic heterocycles. The third-order valence-corrected chi connectivity index (χ3v) is 4.19. The molecule has 6 heteroatoms. The lowest BCUT2D eigenvalue weighted by molar-refractivity contribution is -0.385. The molecule has 2 aliphatic rings. The van der Waals surface area contributed by atoms with Gasteiger partial charge in [-0.05, 0) is 31.7 Å². The second-order valence-electron chi connectivity index (χ2n) is 5.42. The average Bonchev–Trinajstić information content (AvgIpc) is 2.62. The maximum atomic E-state index is 14.1. The van der Waals surface area contributed by atoms with Gasteiger partial charge in [0.25, 0.3) is 5.69 Å². The molecule has 0 spiro atoms. The van der Waals surface area contributed by atoms with Crippen molar-refractivity contribution in [3.8, 4) is 0 Å². The minimum absolute atomic E-state index is 0.190. The Morgan fingerprint density at radius 1 is 1.32 bits per heavy atom. The Hall–Kier alpha value is -1.69. The summed E-state index contributed by atoms with van der Waals surface area (Å²) >= 11 is 0. The molecule has 1 aromatic carbocycles. The van der Waals surface area contributed by atoms with Crippen LogP contribution in [0.15, 0.2) is 18.2 Å². The fourth-order valence-corrected chi connectivity index (χ4v) is 3.43. The Kier molecular flexibility index (Phi) is 2.89. The van der Waals surface area contributed by atoms with Crippen LogP contribution in [0.4, 0.5) is 15.8 Å². The van der Waals surface area contributed by atoms with Crippen molar-refractivity contribution in [2.24, 2.45) is 5.73 Å². The SMILES string of the molecule is NC1CC2CCC(C1)N2c1ccc([N+](=O)[O-])cc1F. The van der Waals surface area contributed by atoms with E-state index in [0.29, 0.717) is 5.69 Å². The predicted molar refractivity (Wildman–Crippen MR) is 69.6 cm³/mol. The molecule has 2 atom stereocenters. The van der Waals surface area contributed by atoms with Gasteiger partial charge in [0, 0.05) is 24.2 Å². The molecule has 0 saturated carbocycles. The van der Waals surface area contributed by atoms with Gasteiger partial charge in [-0.1, -0.05) is 0 Å². The van der Waals surface area contributed by atoms with Crippen molar-refractivity contribution in [2.45, 2.75) is 43.8 Å². The maximum absolute atomic E-state index is 14.1.